The summed E-state index contributed by atoms with van der Waals surface area (Å²) in [6.45, 7) is 2.07. The van der Waals surface area contributed by atoms with Crippen LogP contribution in [0.25, 0.3) is 27.5 Å². The maximum atomic E-state index is 13.6. The molecule has 2 heterocycles. The molecule has 0 saturated carbocycles. The normalized spacial score (nSPS) is 13.4. The smallest absolute Gasteiger partial charge is 0.268 e. The van der Waals surface area contributed by atoms with Crippen molar-refractivity contribution >= 4 is 39.3 Å². The fraction of sp³-hybridized carbons (Fsp3) is 0.0370. The standard InChI is InChI=1S/C27H18N2O2/c1-17-9-7-13-20-19-12-5-6-15-22(19)29(25(17)20)23-16-8-14-21-24(23)27(31)28(26(21)30)18-10-3-2-4-11-18/h2-16H,1H3. The van der Waals surface area contributed by atoms with Gasteiger partial charge in [-0.15, -0.1) is 0 Å². The summed E-state index contributed by atoms with van der Waals surface area (Å²) < 4.78 is 2.12. The molecule has 0 saturated heterocycles. The first-order valence-corrected chi connectivity index (χ1v) is 10.2. The average molecular weight is 402 g/mol. The van der Waals surface area contributed by atoms with E-state index in [-0.39, 0.29) is 11.8 Å². The van der Waals surface area contributed by atoms with Gasteiger partial charge in [0.15, 0.2) is 0 Å². The number of rotatable bonds is 2. The van der Waals surface area contributed by atoms with Crippen LogP contribution in [-0.4, -0.2) is 16.4 Å². The quantitative estimate of drug-likeness (QED) is 0.345. The number of amides is 2. The monoisotopic (exact) mass is 402 g/mol. The molecule has 1 aliphatic rings. The number of fused-ring (bicyclic) bond motifs is 4. The van der Waals surface area contributed by atoms with Crippen molar-refractivity contribution in [2.24, 2.45) is 0 Å². The van der Waals surface area contributed by atoms with Crippen molar-refractivity contribution in [3.05, 3.63) is 108 Å². The number of carbonyl (C=O) groups excluding carboxylic acids is 2. The third-order valence-corrected chi connectivity index (χ3v) is 6.04. The molecule has 148 valence electrons. The number of aromatic nitrogens is 1. The lowest BCUT2D eigenvalue weighted by atomic mass is 10.1. The third kappa shape index (κ3) is 2.36. The number of nitrogens with zero attached hydrogens (tertiary/aromatic N) is 2. The van der Waals surface area contributed by atoms with E-state index in [2.05, 4.69) is 41.8 Å². The molecule has 4 nitrogen and oxygen atoms in total. The Hall–Kier alpha value is -4.18. The number of hydrogen-bond acceptors (Lipinski definition) is 2. The minimum atomic E-state index is -0.290. The zero-order chi connectivity index (χ0) is 21.1. The molecular weight excluding hydrogens is 384 g/mol. The van der Waals surface area contributed by atoms with E-state index in [4.69, 9.17) is 0 Å². The summed E-state index contributed by atoms with van der Waals surface area (Å²) in [6.07, 6.45) is 0. The van der Waals surface area contributed by atoms with Gasteiger partial charge in [0.25, 0.3) is 11.8 Å². The predicted molar refractivity (Wildman–Crippen MR) is 123 cm³/mol. The van der Waals surface area contributed by atoms with Crippen molar-refractivity contribution in [1.82, 2.24) is 4.57 Å². The molecule has 0 spiro atoms. The fourth-order valence-corrected chi connectivity index (χ4v) is 4.71. The van der Waals surface area contributed by atoms with Gasteiger partial charge in [-0.1, -0.05) is 60.7 Å². The lowest BCUT2D eigenvalue weighted by molar-refractivity contribution is 0.0926. The molecule has 2 amide bonds. The molecule has 1 aliphatic heterocycles. The molecule has 0 aliphatic carbocycles. The van der Waals surface area contributed by atoms with E-state index in [0.717, 1.165) is 33.1 Å². The Balaban J connectivity index is 1.68. The van der Waals surface area contributed by atoms with E-state index in [9.17, 15) is 9.59 Å². The van der Waals surface area contributed by atoms with Gasteiger partial charge in [0.2, 0.25) is 0 Å². The molecule has 0 unspecified atom stereocenters. The third-order valence-electron chi connectivity index (χ3n) is 6.04. The highest BCUT2D eigenvalue weighted by Gasteiger charge is 2.39. The van der Waals surface area contributed by atoms with E-state index < -0.39 is 0 Å². The molecule has 0 fully saturated rings. The van der Waals surface area contributed by atoms with Gasteiger partial charge in [-0.2, -0.15) is 0 Å². The molecule has 4 aromatic carbocycles. The maximum absolute atomic E-state index is 13.6. The summed E-state index contributed by atoms with van der Waals surface area (Å²) in [6, 6.07) is 29.0. The highest BCUT2D eigenvalue weighted by Crippen LogP contribution is 2.38. The molecule has 0 radical (unpaired) electrons. The minimum Gasteiger partial charge on any atom is -0.308 e. The van der Waals surface area contributed by atoms with E-state index in [1.54, 1.807) is 18.2 Å². The van der Waals surface area contributed by atoms with Crippen molar-refractivity contribution in [2.75, 3.05) is 4.90 Å². The Kier molecular flexibility index (Phi) is 3.65. The second kappa shape index (κ2) is 6.41. The maximum Gasteiger partial charge on any atom is 0.268 e. The first-order valence-electron chi connectivity index (χ1n) is 10.2. The highest BCUT2D eigenvalue weighted by atomic mass is 16.2. The second-order valence-corrected chi connectivity index (χ2v) is 7.80. The molecule has 0 N–H and O–H groups in total. The summed E-state index contributed by atoms with van der Waals surface area (Å²) in [5.41, 5.74) is 5.37. The van der Waals surface area contributed by atoms with Crippen molar-refractivity contribution in [3.8, 4) is 5.69 Å². The summed E-state index contributed by atoms with van der Waals surface area (Å²) in [7, 11) is 0. The number of para-hydroxylation sites is 3. The van der Waals surface area contributed by atoms with Crippen LogP contribution in [-0.2, 0) is 0 Å². The van der Waals surface area contributed by atoms with Gasteiger partial charge >= 0.3 is 0 Å². The molecule has 6 rings (SSSR count). The molecule has 31 heavy (non-hydrogen) atoms. The van der Waals surface area contributed by atoms with Crippen LogP contribution in [0.15, 0.2) is 91.0 Å². The van der Waals surface area contributed by atoms with Crippen molar-refractivity contribution in [1.29, 1.82) is 0 Å². The Morgan fingerprint density at radius 1 is 0.645 bits per heavy atom. The molecule has 5 aromatic rings. The van der Waals surface area contributed by atoms with Gasteiger partial charge in [-0.3, -0.25) is 9.59 Å². The average Bonchev–Trinajstić information content (AvgIpc) is 3.27. The second-order valence-electron chi connectivity index (χ2n) is 7.80. The summed E-state index contributed by atoms with van der Waals surface area (Å²) in [5, 5.41) is 2.25. The van der Waals surface area contributed by atoms with Crippen LogP contribution in [0.5, 0.6) is 0 Å². The van der Waals surface area contributed by atoms with Crippen LogP contribution in [0.3, 0.4) is 0 Å². The van der Waals surface area contributed by atoms with Gasteiger partial charge in [-0.05, 0) is 42.8 Å². The first-order chi connectivity index (χ1) is 15.2. The number of benzene rings is 4. The van der Waals surface area contributed by atoms with Crippen LogP contribution < -0.4 is 4.90 Å². The number of imide groups is 1. The van der Waals surface area contributed by atoms with E-state index >= 15 is 0 Å². The van der Waals surface area contributed by atoms with Gasteiger partial charge in [-0.25, -0.2) is 4.90 Å². The Bertz CT molecular complexity index is 1530. The predicted octanol–water partition coefficient (Wildman–Crippen LogP) is 5.89. The topological polar surface area (TPSA) is 42.3 Å². The summed E-state index contributed by atoms with van der Waals surface area (Å²) in [4.78, 5) is 28.1. The Morgan fingerprint density at radius 3 is 2.19 bits per heavy atom. The van der Waals surface area contributed by atoms with Crippen LogP contribution in [0, 0.1) is 6.92 Å². The number of hydrogen-bond donors (Lipinski definition) is 0. The Morgan fingerprint density at radius 2 is 1.35 bits per heavy atom. The molecule has 0 atom stereocenters. The van der Waals surface area contributed by atoms with Gasteiger partial charge in [0, 0.05) is 10.8 Å². The molecule has 0 bridgehead atoms. The first kappa shape index (κ1) is 17.7. The fourth-order valence-electron chi connectivity index (χ4n) is 4.71. The number of carbonyl (C=O) groups is 2. The molecular formula is C27H18N2O2. The summed E-state index contributed by atoms with van der Waals surface area (Å²) in [5.74, 6) is -0.577. The molecule has 1 aromatic heterocycles. The summed E-state index contributed by atoms with van der Waals surface area (Å²) >= 11 is 0. The zero-order valence-electron chi connectivity index (χ0n) is 16.9. The molecule has 4 heteroatoms. The van der Waals surface area contributed by atoms with Crippen molar-refractivity contribution < 1.29 is 9.59 Å². The van der Waals surface area contributed by atoms with Crippen LogP contribution in [0.1, 0.15) is 26.3 Å². The minimum absolute atomic E-state index is 0.287. The highest BCUT2D eigenvalue weighted by molar-refractivity contribution is 6.35. The van der Waals surface area contributed by atoms with Crippen molar-refractivity contribution in [3.63, 3.8) is 0 Å². The van der Waals surface area contributed by atoms with Crippen LogP contribution in [0.2, 0.25) is 0 Å². The van der Waals surface area contributed by atoms with Gasteiger partial charge in [0.05, 0.1) is 33.5 Å². The van der Waals surface area contributed by atoms with E-state index in [1.807, 2.05) is 42.5 Å². The van der Waals surface area contributed by atoms with Crippen LogP contribution in [0.4, 0.5) is 5.69 Å². The number of anilines is 1. The lowest BCUT2D eigenvalue weighted by Gasteiger charge is -2.15. The van der Waals surface area contributed by atoms with E-state index in [1.165, 1.54) is 4.90 Å². The largest absolute Gasteiger partial charge is 0.308 e. The van der Waals surface area contributed by atoms with Crippen molar-refractivity contribution in [2.45, 2.75) is 6.92 Å². The Labute approximate surface area is 178 Å². The van der Waals surface area contributed by atoms with Gasteiger partial charge < -0.3 is 4.57 Å². The SMILES string of the molecule is Cc1cccc2c3ccccc3n(-c3cccc4c3C(=O)N(c3ccccc3)C4=O)c12. The van der Waals surface area contributed by atoms with Gasteiger partial charge in [0.1, 0.15) is 0 Å². The van der Waals surface area contributed by atoms with Crippen LogP contribution >= 0.6 is 0 Å². The lowest BCUT2D eigenvalue weighted by Crippen LogP contribution is -2.29. The number of aryl methyl sites for hydroxylation is 1. The van der Waals surface area contributed by atoms with E-state index in [0.29, 0.717) is 16.8 Å². The zero-order valence-corrected chi connectivity index (χ0v) is 16.9.